The largest absolute Gasteiger partial charge is 0.312 e. The van der Waals surface area contributed by atoms with Gasteiger partial charge in [0.05, 0.1) is 24.6 Å². The lowest BCUT2D eigenvalue weighted by Gasteiger charge is -2.13. The molecule has 5 heteroatoms. The first-order valence-corrected chi connectivity index (χ1v) is 7.07. The van der Waals surface area contributed by atoms with Crippen molar-refractivity contribution in [3.05, 3.63) is 36.5 Å². The van der Waals surface area contributed by atoms with Crippen LogP contribution in [0.2, 0.25) is 0 Å². The van der Waals surface area contributed by atoms with Crippen molar-refractivity contribution in [1.82, 2.24) is 20.1 Å². The summed E-state index contributed by atoms with van der Waals surface area (Å²) in [5.74, 6) is -0.324. The summed E-state index contributed by atoms with van der Waals surface area (Å²) >= 11 is 0. The molecule has 1 atom stereocenters. The van der Waals surface area contributed by atoms with Gasteiger partial charge in [-0.05, 0) is 32.0 Å². The monoisotopic (exact) mass is 276 g/mol. The van der Waals surface area contributed by atoms with E-state index in [1.165, 1.54) is 25.1 Å². The zero-order valence-electron chi connectivity index (χ0n) is 12.0. The van der Waals surface area contributed by atoms with Crippen molar-refractivity contribution in [2.75, 3.05) is 6.54 Å². The van der Waals surface area contributed by atoms with Gasteiger partial charge in [-0.25, -0.2) is 4.39 Å². The number of unbranched alkanes of at least 4 members (excludes halogenated alkanes) is 1. The van der Waals surface area contributed by atoms with Gasteiger partial charge < -0.3 is 5.32 Å². The molecule has 0 spiro atoms. The van der Waals surface area contributed by atoms with Crippen molar-refractivity contribution in [2.24, 2.45) is 0 Å². The number of hydrogen-bond donors (Lipinski definition) is 1. The number of rotatable bonds is 7. The molecule has 4 nitrogen and oxygen atoms in total. The fourth-order valence-electron chi connectivity index (χ4n) is 2.01. The number of aromatic nitrogens is 3. The van der Waals surface area contributed by atoms with Crippen molar-refractivity contribution < 1.29 is 4.39 Å². The van der Waals surface area contributed by atoms with Crippen LogP contribution in [0.25, 0.3) is 11.3 Å². The van der Waals surface area contributed by atoms with Gasteiger partial charge in [-0.15, -0.1) is 0 Å². The third kappa shape index (κ3) is 4.13. The van der Waals surface area contributed by atoms with Gasteiger partial charge in [0.25, 0.3) is 0 Å². The van der Waals surface area contributed by atoms with Crippen LogP contribution in [0.1, 0.15) is 26.7 Å². The van der Waals surface area contributed by atoms with Crippen LogP contribution in [0.4, 0.5) is 4.39 Å². The number of nitrogens with one attached hydrogen (secondary N) is 1. The summed E-state index contributed by atoms with van der Waals surface area (Å²) < 4.78 is 14.7. The van der Waals surface area contributed by atoms with Crippen LogP contribution < -0.4 is 5.32 Å². The molecule has 0 bridgehead atoms. The highest BCUT2D eigenvalue weighted by Gasteiger charge is 2.06. The Kier molecular flexibility index (Phi) is 5.24. The third-order valence-electron chi connectivity index (χ3n) is 3.14. The Bertz CT molecular complexity index is 521. The van der Waals surface area contributed by atoms with Crippen LogP contribution >= 0.6 is 0 Å². The minimum Gasteiger partial charge on any atom is -0.312 e. The maximum Gasteiger partial charge on any atom is 0.141 e. The van der Waals surface area contributed by atoms with Crippen molar-refractivity contribution >= 4 is 0 Å². The van der Waals surface area contributed by atoms with Crippen LogP contribution in [0.5, 0.6) is 0 Å². The Balaban J connectivity index is 1.93. The SMILES string of the molecule is CCCCN[C@@H](C)Cn1cc(-c2ccc(F)cn2)cn1. The van der Waals surface area contributed by atoms with Gasteiger partial charge in [0.2, 0.25) is 0 Å². The van der Waals surface area contributed by atoms with Gasteiger partial charge in [0.15, 0.2) is 0 Å². The molecule has 0 saturated heterocycles. The molecule has 0 saturated carbocycles. The van der Waals surface area contributed by atoms with Gasteiger partial charge in [-0.2, -0.15) is 5.10 Å². The fraction of sp³-hybridized carbons (Fsp3) is 0.467. The molecule has 2 heterocycles. The molecule has 0 radical (unpaired) electrons. The molecular formula is C15H21FN4. The van der Waals surface area contributed by atoms with Gasteiger partial charge in [0, 0.05) is 17.8 Å². The second-order valence-electron chi connectivity index (χ2n) is 5.02. The number of hydrogen-bond acceptors (Lipinski definition) is 3. The molecule has 2 aromatic heterocycles. The van der Waals surface area contributed by atoms with E-state index in [9.17, 15) is 4.39 Å². The van der Waals surface area contributed by atoms with Crippen LogP contribution in [-0.2, 0) is 6.54 Å². The Labute approximate surface area is 119 Å². The molecule has 0 fully saturated rings. The lowest BCUT2D eigenvalue weighted by atomic mass is 10.2. The van der Waals surface area contributed by atoms with Crippen LogP contribution in [0, 0.1) is 5.82 Å². The van der Waals surface area contributed by atoms with E-state index in [0.717, 1.165) is 24.3 Å². The van der Waals surface area contributed by atoms with Gasteiger partial charge >= 0.3 is 0 Å². The molecule has 0 aliphatic heterocycles. The highest BCUT2D eigenvalue weighted by molar-refractivity contribution is 5.56. The first-order chi connectivity index (χ1) is 9.69. The van der Waals surface area contributed by atoms with E-state index in [-0.39, 0.29) is 5.82 Å². The first-order valence-electron chi connectivity index (χ1n) is 7.07. The van der Waals surface area contributed by atoms with Crippen LogP contribution in [-0.4, -0.2) is 27.4 Å². The summed E-state index contributed by atoms with van der Waals surface area (Å²) in [5.41, 5.74) is 1.65. The molecule has 0 unspecified atom stereocenters. The molecule has 1 N–H and O–H groups in total. The molecule has 0 aliphatic rings. The van der Waals surface area contributed by atoms with Gasteiger partial charge in [-0.3, -0.25) is 9.67 Å². The Hall–Kier alpha value is -1.75. The first kappa shape index (κ1) is 14.7. The van der Waals surface area contributed by atoms with E-state index in [4.69, 9.17) is 0 Å². The summed E-state index contributed by atoms with van der Waals surface area (Å²) in [6.45, 7) is 6.17. The fourth-order valence-corrected chi connectivity index (χ4v) is 2.01. The molecule has 2 rings (SSSR count). The minimum atomic E-state index is -0.324. The predicted octanol–water partition coefficient (Wildman–Crippen LogP) is 2.86. The molecule has 0 aliphatic carbocycles. The average Bonchev–Trinajstić information content (AvgIpc) is 2.88. The molecule has 2 aromatic rings. The van der Waals surface area contributed by atoms with Gasteiger partial charge in [-0.1, -0.05) is 13.3 Å². The zero-order chi connectivity index (χ0) is 14.4. The smallest absolute Gasteiger partial charge is 0.141 e. The summed E-state index contributed by atoms with van der Waals surface area (Å²) in [5, 5.41) is 7.79. The normalized spacial score (nSPS) is 12.6. The average molecular weight is 276 g/mol. The van der Waals surface area contributed by atoms with Crippen molar-refractivity contribution in [2.45, 2.75) is 39.3 Å². The number of nitrogens with zero attached hydrogens (tertiary/aromatic N) is 3. The summed E-state index contributed by atoms with van der Waals surface area (Å²) in [6.07, 6.45) is 7.31. The minimum absolute atomic E-state index is 0.324. The van der Waals surface area contributed by atoms with E-state index >= 15 is 0 Å². The Morgan fingerprint density at radius 2 is 2.20 bits per heavy atom. The van der Waals surface area contributed by atoms with E-state index in [0.29, 0.717) is 6.04 Å². The van der Waals surface area contributed by atoms with Crippen LogP contribution in [0.15, 0.2) is 30.7 Å². The second kappa shape index (κ2) is 7.14. The quantitative estimate of drug-likeness (QED) is 0.791. The van der Waals surface area contributed by atoms with E-state index < -0.39 is 0 Å². The predicted molar refractivity (Wildman–Crippen MR) is 77.8 cm³/mol. The molecule has 108 valence electrons. The van der Waals surface area contributed by atoms with Gasteiger partial charge in [0.1, 0.15) is 5.82 Å². The number of halogens is 1. The highest BCUT2D eigenvalue weighted by atomic mass is 19.1. The maximum absolute atomic E-state index is 12.8. The summed E-state index contributed by atoms with van der Waals surface area (Å²) in [6, 6.07) is 3.45. The Morgan fingerprint density at radius 3 is 2.90 bits per heavy atom. The maximum atomic E-state index is 12.8. The highest BCUT2D eigenvalue weighted by Crippen LogP contribution is 2.15. The molecule has 0 aromatic carbocycles. The number of pyridine rings is 1. The summed E-state index contributed by atoms with van der Waals surface area (Å²) in [7, 11) is 0. The lowest BCUT2D eigenvalue weighted by Crippen LogP contribution is -2.31. The molecule has 20 heavy (non-hydrogen) atoms. The topological polar surface area (TPSA) is 42.7 Å². The van der Waals surface area contributed by atoms with Crippen molar-refractivity contribution in [3.63, 3.8) is 0 Å². The lowest BCUT2D eigenvalue weighted by molar-refractivity contribution is 0.447. The molecular weight excluding hydrogens is 255 g/mol. The van der Waals surface area contributed by atoms with E-state index in [2.05, 4.69) is 29.2 Å². The zero-order valence-corrected chi connectivity index (χ0v) is 12.0. The standard InChI is InChI=1S/C15H21FN4/c1-3-4-7-17-12(2)10-20-11-13(8-19-20)15-6-5-14(16)9-18-15/h5-6,8-9,11-12,17H,3-4,7,10H2,1-2H3/t12-/m0/s1. The third-order valence-corrected chi connectivity index (χ3v) is 3.14. The van der Waals surface area contributed by atoms with E-state index in [1.807, 2.05) is 10.9 Å². The van der Waals surface area contributed by atoms with Crippen molar-refractivity contribution in [1.29, 1.82) is 0 Å². The van der Waals surface area contributed by atoms with E-state index in [1.54, 1.807) is 12.3 Å². The Morgan fingerprint density at radius 1 is 1.35 bits per heavy atom. The van der Waals surface area contributed by atoms with Crippen LogP contribution in [0.3, 0.4) is 0 Å². The second-order valence-corrected chi connectivity index (χ2v) is 5.02. The molecule has 0 amide bonds. The van der Waals surface area contributed by atoms with Crippen molar-refractivity contribution in [3.8, 4) is 11.3 Å². The summed E-state index contributed by atoms with van der Waals surface area (Å²) in [4.78, 5) is 4.06.